The summed E-state index contributed by atoms with van der Waals surface area (Å²) in [5.41, 5.74) is 7.26. The molecule has 0 aromatic heterocycles. The Kier molecular flexibility index (Phi) is 5.63. The fourth-order valence-corrected chi connectivity index (χ4v) is 2.21. The van der Waals surface area contributed by atoms with Crippen molar-refractivity contribution in [1.29, 1.82) is 0 Å². The van der Waals surface area contributed by atoms with Crippen LogP contribution in [0.4, 0.5) is 0 Å². The fraction of sp³-hybridized carbons (Fsp3) is 0.571. The molecule has 0 unspecified atom stereocenters. The van der Waals surface area contributed by atoms with E-state index in [1.54, 1.807) is 0 Å². The Morgan fingerprint density at radius 1 is 1.29 bits per heavy atom. The minimum atomic E-state index is -0.0475. The lowest BCUT2D eigenvalue weighted by atomic mass is 10.00. The molecule has 3 heteroatoms. The van der Waals surface area contributed by atoms with Crippen LogP contribution in [0.2, 0.25) is 0 Å². The lowest BCUT2D eigenvalue weighted by molar-refractivity contribution is 0.302. The maximum Gasteiger partial charge on any atom is 0.0241 e. The van der Waals surface area contributed by atoms with Crippen molar-refractivity contribution in [1.82, 2.24) is 4.90 Å². The molecule has 0 saturated carbocycles. The number of rotatable bonds is 6. The van der Waals surface area contributed by atoms with Crippen molar-refractivity contribution in [2.75, 3.05) is 13.6 Å². The molecule has 96 valence electrons. The number of hydrogen-bond acceptors (Lipinski definition) is 2. The van der Waals surface area contributed by atoms with Crippen molar-refractivity contribution in [3.63, 3.8) is 0 Å². The number of nitrogens with two attached hydrogens (primary N) is 1. The van der Waals surface area contributed by atoms with Crippen LogP contribution in [-0.2, 0) is 6.54 Å². The lowest BCUT2D eigenvalue weighted by Crippen LogP contribution is -2.33. The second-order valence-electron chi connectivity index (χ2n) is 5.42. The average Bonchev–Trinajstić information content (AvgIpc) is 2.19. The van der Waals surface area contributed by atoms with Crippen LogP contribution in [0.3, 0.4) is 0 Å². The third-order valence-corrected chi connectivity index (χ3v) is 3.53. The van der Waals surface area contributed by atoms with Gasteiger partial charge in [0.2, 0.25) is 0 Å². The van der Waals surface area contributed by atoms with Crippen molar-refractivity contribution in [3.05, 3.63) is 34.3 Å². The summed E-state index contributed by atoms with van der Waals surface area (Å²) in [6, 6.07) is 8.38. The first-order valence-electron chi connectivity index (χ1n) is 6.09. The molecule has 2 nitrogen and oxygen atoms in total. The lowest BCUT2D eigenvalue weighted by Gasteiger charge is -2.22. The summed E-state index contributed by atoms with van der Waals surface area (Å²) in [5, 5.41) is 0. The van der Waals surface area contributed by atoms with Gasteiger partial charge in [0.05, 0.1) is 0 Å². The summed E-state index contributed by atoms with van der Waals surface area (Å²) in [6.07, 6.45) is 2.21. The monoisotopic (exact) mass is 298 g/mol. The first kappa shape index (κ1) is 14.7. The Hall–Kier alpha value is -0.380. The zero-order valence-corrected chi connectivity index (χ0v) is 12.6. The van der Waals surface area contributed by atoms with Gasteiger partial charge in [0.15, 0.2) is 0 Å². The maximum absolute atomic E-state index is 5.97. The minimum absolute atomic E-state index is 0.0475. The fourth-order valence-electron chi connectivity index (χ4n) is 1.80. The molecule has 0 bridgehead atoms. The van der Waals surface area contributed by atoms with Gasteiger partial charge in [-0.1, -0.05) is 34.1 Å². The molecule has 0 aliphatic heterocycles. The first-order chi connectivity index (χ1) is 7.88. The van der Waals surface area contributed by atoms with Crippen molar-refractivity contribution < 1.29 is 0 Å². The molecule has 0 atom stereocenters. The second-order valence-corrected chi connectivity index (χ2v) is 6.28. The van der Waals surface area contributed by atoms with Gasteiger partial charge < -0.3 is 10.6 Å². The summed E-state index contributed by atoms with van der Waals surface area (Å²) < 4.78 is 1.19. The Balaban J connectivity index is 2.35. The molecule has 0 amide bonds. The highest BCUT2D eigenvalue weighted by molar-refractivity contribution is 9.10. The van der Waals surface area contributed by atoms with Crippen LogP contribution in [0.5, 0.6) is 0 Å². The minimum Gasteiger partial charge on any atom is -0.326 e. The highest BCUT2D eigenvalue weighted by Crippen LogP contribution is 2.17. The summed E-state index contributed by atoms with van der Waals surface area (Å²) in [6.45, 7) is 6.23. The molecule has 1 aromatic carbocycles. The molecule has 0 aliphatic rings. The van der Waals surface area contributed by atoms with Gasteiger partial charge in [-0.05, 0) is 51.9 Å². The quantitative estimate of drug-likeness (QED) is 0.872. The van der Waals surface area contributed by atoms with E-state index in [9.17, 15) is 0 Å². The first-order valence-corrected chi connectivity index (χ1v) is 6.88. The number of nitrogens with zero attached hydrogens (tertiary/aromatic N) is 1. The van der Waals surface area contributed by atoms with Crippen molar-refractivity contribution in [3.8, 4) is 0 Å². The predicted octanol–water partition coefficient (Wildman–Crippen LogP) is 3.40. The highest BCUT2D eigenvalue weighted by atomic mass is 79.9. The average molecular weight is 299 g/mol. The second kappa shape index (κ2) is 6.53. The van der Waals surface area contributed by atoms with Crippen molar-refractivity contribution in [2.45, 2.75) is 38.8 Å². The zero-order chi connectivity index (χ0) is 12.9. The van der Waals surface area contributed by atoms with Crippen LogP contribution >= 0.6 is 15.9 Å². The molecule has 1 aromatic rings. The van der Waals surface area contributed by atoms with Gasteiger partial charge in [0.25, 0.3) is 0 Å². The van der Waals surface area contributed by atoms with Crippen LogP contribution in [0.1, 0.15) is 32.3 Å². The molecule has 0 fully saturated rings. The molecular formula is C14H23BrN2. The van der Waals surface area contributed by atoms with Gasteiger partial charge in [-0.15, -0.1) is 0 Å². The highest BCUT2D eigenvalue weighted by Gasteiger charge is 2.10. The Labute approximate surface area is 113 Å². The van der Waals surface area contributed by atoms with Crippen molar-refractivity contribution >= 4 is 15.9 Å². The summed E-state index contributed by atoms with van der Waals surface area (Å²) >= 11 is 3.58. The van der Waals surface area contributed by atoms with Crippen LogP contribution in [0, 0.1) is 0 Å². The van der Waals surface area contributed by atoms with E-state index in [1.165, 1.54) is 10.0 Å². The normalized spacial score (nSPS) is 12.1. The van der Waals surface area contributed by atoms with Gasteiger partial charge in [0, 0.05) is 16.6 Å². The molecule has 0 aliphatic carbocycles. The predicted molar refractivity (Wildman–Crippen MR) is 78.0 cm³/mol. The van der Waals surface area contributed by atoms with Gasteiger partial charge >= 0.3 is 0 Å². The standard InChI is InChI=1S/C14H23BrN2/c1-14(2,16)9-6-10-17(3)11-12-7-4-5-8-13(12)15/h4-5,7-8H,6,9-11,16H2,1-3H3. The van der Waals surface area contributed by atoms with E-state index in [1.807, 2.05) is 6.07 Å². The summed E-state index contributed by atoms with van der Waals surface area (Å²) in [7, 11) is 2.16. The van der Waals surface area contributed by atoms with E-state index in [4.69, 9.17) is 5.73 Å². The Bertz CT molecular complexity index is 344. The van der Waals surface area contributed by atoms with Crippen LogP contribution in [-0.4, -0.2) is 24.0 Å². The van der Waals surface area contributed by atoms with E-state index in [0.29, 0.717) is 0 Å². The van der Waals surface area contributed by atoms with E-state index in [2.05, 4.69) is 59.9 Å². The van der Waals surface area contributed by atoms with Gasteiger partial charge in [-0.25, -0.2) is 0 Å². The van der Waals surface area contributed by atoms with E-state index in [-0.39, 0.29) is 5.54 Å². The smallest absolute Gasteiger partial charge is 0.0241 e. The largest absolute Gasteiger partial charge is 0.326 e. The zero-order valence-electron chi connectivity index (χ0n) is 11.0. The SMILES string of the molecule is CN(CCCC(C)(C)N)Cc1ccccc1Br. The molecule has 0 radical (unpaired) electrons. The molecule has 2 N–H and O–H groups in total. The van der Waals surface area contributed by atoms with Crippen LogP contribution in [0.25, 0.3) is 0 Å². The molecule has 0 spiro atoms. The van der Waals surface area contributed by atoms with E-state index < -0.39 is 0 Å². The van der Waals surface area contributed by atoms with Gasteiger partial charge in [-0.3, -0.25) is 0 Å². The topological polar surface area (TPSA) is 29.3 Å². The third kappa shape index (κ3) is 6.20. The Morgan fingerprint density at radius 2 is 1.94 bits per heavy atom. The number of hydrogen-bond donors (Lipinski definition) is 1. The van der Waals surface area contributed by atoms with Gasteiger partial charge in [0.1, 0.15) is 0 Å². The number of halogens is 1. The molecule has 0 saturated heterocycles. The molecule has 0 heterocycles. The van der Waals surface area contributed by atoms with Crippen LogP contribution < -0.4 is 5.73 Å². The number of benzene rings is 1. The summed E-state index contributed by atoms with van der Waals surface area (Å²) in [5.74, 6) is 0. The maximum atomic E-state index is 5.97. The van der Waals surface area contributed by atoms with Crippen LogP contribution in [0.15, 0.2) is 28.7 Å². The van der Waals surface area contributed by atoms with Gasteiger partial charge in [-0.2, -0.15) is 0 Å². The Morgan fingerprint density at radius 3 is 2.53 bits per heavy atom. The van der Waals surface area contributed by atoms with E-state index >= 15 is 0 Å². The summed E-state index contributed by atoms with van der Waals surface area (Å²) in [4.78, 5) is 2.34. The third-order valence-electron chi connectivity index (χ3n) is 2.76. The molecular weight excluding hydrogens is 276 g/mol. The van der Waals surface area contributed by atoms with E-state index in [0.717, 1.165) is 25.9 Å². The molecule has 1 rings (SSSR count). The molecule has 17 heavy (non-hydrogen) atoms. The van der Waals surface area contributed by atoms with Crippen molar-refractivity contribution in [2.24, 2.45) is 5.73 Å².